The molecule has 3 aliphatic rings. The van der Waals surface area contributed by atoms with Gasteiger partial charge in [0, 0.05) is 12.3 Å². The standard InChI is InChI=1S/C8H12O5/c9-7(10)1-2-8-11-3-6(4-12-8)5-13-8/h6H,1-5H2,(H,9,10). The van der Waals surface area contributed by atoms with Crippen molar-refractivity contribution >= 4 is 5.97 Å². The van der Waals surface area contributed by atoms with Gasteiger partial charge in [0.05, 0.1) is 26.2 Å². The second-order valence-electron chi connectivity index (χ2n) is 3.38. The molecular weight excluding hydrogens is 176 g/mol. The SMILES string of the molecule is O=C(O)CCC12OCC(CO1)CO2. The van der Waals surface area contributed by atoms with Crippen LogP contribution in [0.3, 0.4) is 0 Å². The highest BCUT2D eigenvalue weighted by atomic mass is 16.9. The fraction of sp³-hybridized carbons (Fsp3) is 0.875. The predicted octanol–water partition coefficient (Wildman–Crippen LogP) is 0.198. The average Bonchev–Trinajstić information content (AvgIpc) is 2.18. The van der Waals surface area contributed by atoms with Gasteiger partial charge >= 0.3 is 5.97 Å². The number of ether oxygens (including phenoxy) is 3. The van der Waals surface area contributed by atoms with Gasteiger partial charge in [-0.15, -0.1) is 0 Å². The molecule has 3 aliphatic heterocycles. The lowest BCUT2D eigenvalue weighted by atomic mass is 10.1. The summed E-state index contributed by atoms with van der Waals surface area (Å²) in [5.74, 6) is -1.61. The van der Waals surface area contributed by atoms with Crippen molar-refractivity contribution in [1.82, 2.24) is 0 Å². The van der Waals surface area contributed by atoms with Gasteiger partial charge in [-0.05, 0) is 0 Å². The molecule has 0 atom stereocenters. The maximum atomic E-state index is 10.3. The molecule has 2 bridgehead atoms. The van der Waals surface area contributed by atoms with E-state index in [-0.39, 0.29) is 12.8 Å². The zero-order valence-electron chi connectivity index (χ0n) is 7.19. The third kappa shape index (κ3) is 1.82. The number of carboxylic acids is 1. The molecule has 13 heavy (non-hydrogen) atoms. The van der Waals surface area contributed by atoms with E-state index in [1.807, 2.05) is 0 Å². The molecule has 74 valence electrons. The number of hydrogen-bond acceptors (Lipinski definition) is 4. The Labute approximate surface area is 75.6 Å². The summed E-state index contributed by atoms with van der Waals surface area (Å²) >= 11 is 0. The molecule has 5 nitrogen and oxygen atoms in total. The van der Waals surface area contributed by atoms with Crippen molar-refractivity contribution in [2.75, 3.05) is 19.8 Å². The molecule has 3 heterocycles. The van der Waals surface area contributed by atoms with E-state index in [0.29, 0.717) is 25.7 Å². The second kappa shape index (κ2) is 3.25. The van der Waals surface area contributed by atoms with E-state index < -0.39 is 11.9 Å². The second-order valence-corrected chi connectivity index (χ2v) is 3.38. The number of carbonyl (C=O) groups is 1. The highest BCUT2D eigenvalue weighted by molar-refractivity contribution is 5.66. The third-order valence-corrected chi connectivity index (χ3v) is 2.26. The van der Waals surface area contributed by atoms with Crippen LogP contribution in [0, 0.1) is 5.92 Å². The number of aliphatic carboxylic acids is 1. The van der Waals surface area contributed by atoms with E-state index in [1.165, 1.54) is 0 Å². The minimum atomic E-state index is -1.06. The van der Waals surface area contributed by atoms with E-state index in [4.69, 9.17) is 19.3 Å². The third-order valence-electron chi connectivity index (χ3n) is 2.26. The molecule has 0 aliphatic carbocycles. The van der Waals surface area contributed by atoms with E-state index in [9.17, 15) is 4.79 Å². The smallest absolute Gasteiger partial charge is 0.303 e. The molecule has 0 radical (unpaired) electrons. The quantitative estimate of drug-likeness (QED) is 0.685. The number of carboxylic acid groups (broad SMARTS) is 1. The molecule has 3 saturated heterocycles. The molecule has 0 spiro atoms. The number of hydrogen-bond donors (Lipinski definition) is 1. The van der Waals surface area contributed by atoms with E-state index in [2.05, 4.69) is 0 Å². The topological polar surface area (TPSA) is 65.0 Å². The van der Waals surface area contributed by atoms with Crippen molar-refractivity contribution in [1.29, 1.82) is 0 Å². The van der Waals surface area contributed by atoms with Crippen LogP contribution in [0.1, 0.15) is 12.8 Å². The number of fused-ring (bicyclic) bond motifs is 3. The normalized spacial score (nSPS) is 37.7. The first-order chi connectivity index (χ1) is 6.20. The van der Waals surface area contributed by atoms with Crippen LogP contribution in [0.4, 0.5) is 0 Å². The summed E-state index contributed by atoms with van der Waals surface area (Å²) in [6.45, 7) is 1.83. The summed E-state index contributed by atoms with van der Waals surface area (Å²) in [4.78, 5) is 10.3. The van der Waals surface area contributed by atoms with Gasteiger partial charge in [0.2, 0.25) is 0 Å². The zero-order chi connectivity index (χ0) is 9.31. The monoisotopic (exact) mass is 188 g/mol. The highest BCUT2D eigenvalue weighted by Crippen LogP contribution is 2.33. The van der Waals surface area contributed by atoms with Gasteiger partial charge < -0.3 is 19.3 Å². The first-order valence-corrected chi connectivity index (χ1v) is 4.34. The summed E-state index contributed by atoms with van der Waals surface area (Å²) in [6.07, 6.45) is 0.264. The molecular formula is C8H12O5. The maximum Gasteiger partial charge on any atom is 0.303 e. The summed E-state index contributed by atoms with van der Waals surface area (Å²) in [5.41, 5.74) is 0. The molecule has 0 saturated carbocycles. The van der Waals surface area contributed by atoms with Gasteiger partial charge in [0.1, 0.15) is 0 Å². The Morgan fingerprint density at radius 3 is 2.31 bits per heavy atom. The van der Waals surface area contributed by atoms with Crippen molar-refractivity contribution in [2.24, 2.45) is 5.92 Å². The number of rotatable bonds is 3. The molecule has 0 aromatic rings. The molecule has 0 aromatic heterocycles. The largest absolute Gasteiger partial charge is 0.481 e. The molecule has 3 rings (SSSR count). The molecule has 0 aromatic carbocycles. The Morgan fingerprint density at radius 2 is 1.85 bits per heavy atom. The van der Waals surface area contributed by atoms with Crippen molar-refractivity contribution < 1.29 is 24.1 Å². The van der Waals surface area contributed by atoms with Crippen LogP contribution in [-0.2, 0) is 19.0 Å². The van der Waals surface area contributed by atoms with Gasteiger partial charge in [0.25, 0.3) is 5.97 Å². The summed E-state index contributed by atoms with van der Waals surface area (Å²) in [6, 6.07) is 0. The van der Waals surface area contributed by atoms with Crippen molar-refractivity contribution in [2.45, 2.75) is 18.8 Å². The maximum absolute atomic E-state index is 10.3. The minimum absolute atomic E-state index is 0.00463. The lowest BCUT2D eigenvalue weighted by Crippen LogP contribution is -2.54. The molecule has 0 amide bonds. The Morgan fingerprint density at radius 1 is 1.31 bits per heavy atom. The Balaban J connectivity index is 1.91. The van der Waals surface area contributed by atoms with E-state index in [0.717, 1.165) is 0 Å². The van der Waals surface area contributed by atoms with Gasteiger partial charge in [-0.2, -0.15) is 0 Å². The van der Waals surface area contributed by atoms with Crippen LogP contribution in [0.5, 0.6) is 0 Å². The Bertz CT molecular complexity index is 193. The van der Waals surface area contributed by atoms with Crippen LogP contribution in [0.15, 0.2) is 0 Å². The first-order valence-electron chi connectivity index (χ1n) is 4.34. The minimum Gasteiger partial charge on any atom is -0.481 e. The fourth-order valence-corrected chi connectivity index (χ4v) is 1.48. The molecule has 0 unspecified atom stereocenters. The predicted molar refractivity (Wildman–Crippen MR) is 40.9 cm³/mol. The van der Waals surface area contributed by atoms with E-state index in [1.54, 1.807) is 0 Å². The lowest BCUT2D eigenvalue weighted by molar-refractivity contribution is -0.449. The highest BCUT2D eigenvalue weighted by Gasteiger charge is 2.44. The molecule has 1 N–H and O–H groups in total. The van der Waals surface area contributed by atoms with Crippen molar-refractivity contribution in [3.05, 3.63) is 0 Å². The Hall–Kier alpha value is -0.650. The van der Waals surface area contributed by atoms with Crippen LogP contribution in [0.25, 0.3) is 0 Å². The van der Waals surface area contributed by atoms with Gasteiger partial charge in [-0.1, -0.05) is 0 Å². The van der Waals surface area contributed by atoms with Crippen LogP contribution >= 0.6 is 0 Å². The van der Waals surface area contributed by atoms with Gasteiger partial charge in [0.15, 0.2) is 0 Å². The van der Waals surface area contributed by atoms with Gasteiger partial charge in [-0.25, -0.2) is 0 Å². The van der Waals surface area contributed by atoms with Crippen molar-refractivity contribution in [3.63, 3.8) is 0 Å². The lowest BCUT2D eigenvalue weighted by Gasteiger charge is -2.45. The average molecular weight is 188 g/mol. The summed E-state index contributed by atoms with van der Waals surface area (Å²) in [5, 5.41) is 8.50. The zero-order valence-corrected chi connectivity index (χ0v) is 7.19. The Kier molecular flexibility index (Phi) is 2.23. The first kappa shape index (κ1) is 8.93. The van der Waals surface area contributed by atoms with Gasteiger partial charge in [-0.3, -0.25) is 4.79 Å². The van der Waals surface area contributed by atoms with Crippen LogP contribution in [0.2, 0.25) is 0 Å². The van der Waals surface area contributed by atoms with Crippen LogP contribution in [-0.4, -0.2) is 36.9 Å². The summed E-state index contributed by atoms with van der Waals surface area (Å²) < 4.78 is 15.9. The van der Waals surface area contributed by atoms with Crippen LogP contribution < -0.4 is 0 Å². The molecule has 3 fully saturated rings. The van der Waals surface area contributed by atoms with E-state index >= 15 is 0 Å². The molecule has 5 heteroatoms. The van der Waals surface area contributed by atoms with Crippen molar-refractivity contribution in [3.8, 4) is 0 Å². The fourth-order valence-electron chi connectivity index (χ4n) is 1.48. The summed E-state index contributed by atoms with van der Waals surface area (Å²) in [7, 11) is 0.